The lowest BCUT2D eigenvalue weighted by atomic mass is 9.91. The molecule has 0 radical (unpaired) electrons. The second-order valence-electron chi connectivity index (χ2n) is 10.6. The average Bonchev–Trinajstić information content (AvgIpc) is 3.31. The Morgan fingerprint density at radius 1 is 1.17 bits per heavy atom. The summed E-state index contributed by atoms with van der Waals surface area (Å²) in [6, 6.07) is 6.40. The molecule has 1 saturated carbocycles. The Balaban J connectivity index is 1.35. The third-order valence-electron chi connectivity index (χ3n) is 7.88. The Bertz CT molecular complexity index is 973. The van der Waals surface area contributed by atoms with E-state index >= 15 is 4.39 Å². The lowest BCUT2D eigenvalue weighted by Gasteiger charge is -2.36. The highest BCUT2D eigenvalue weighted by Gasteiger charge is 2.31. The highest BCUT2D eigenvalue weighted by molar-refractivity contribution is 6.09. The molecule has 192 valence electrons. The van der Waals surface area contributed by atoms with Gasteiger partial charge in [-0.25, -0.2) is 4.39 Å². The fraction of sp³-hybridized carbons (Fsp3) is 0.643. The molecule has 0 aromatic heterocycles. The van der Waals surface area contributed by atoms with E-state index in [0.29, 0.717) is 13.1 Å². The van der Waals surface area contributed by atoms with Crippen LogP contribution in [0.5, 0.6) is 0 Å². The minimum absolute atomic E-state index is 0.00856. The van der Waals surface area contributed by atoms with Gasteiger partial charge in [0.1, 0.15) is 11.9 Å². The van der Waals surface area contributed by atoms with Gasteiger partial charge in [0.15, 0.2) is 0 Å². The predicted molar refractivity (Wildman–Crippen MR) is 140 cm³/mol. The van der Waals surface area contributed by atoms with Crippen LogP contribution in [0.15, 0.2) is 34.5 Å². The molecule has 1 aromatic rings. The second-order valence-corrected chi connectivity index (χ2v) is 10.6. The van der Waals surface area contributed by atoms with Crippen LogP contribution >= 0.6 is 0 Å². The zero-order valence-electron chi connectivity index (χ0n) is 21.7. The maximum atomic E-state index is 15.2. The SMILES string of the molecule is Cc1cccc(N2CCC(C(F)CN=C3CCC/C3=C(/N)C(=O)N3C[C@@H](C)O[C@@H](C)C3)CC2)c1C. The van der Waals surface area contributed by atoms with Crippen molar-refractivity contribution in [3.63, 3.8) is 0 Å². The summed E-state index contributed by atoms with van der Waals surface area (Å²) in [5.41, 5.74) is 12.1. The number of halogens is 1. The summed E-state index contributed by atoms with van der Waals surface area (Å²) in [7, 11) is 0. The van der Waals surface area contributed by atoms with E-state index in [0.717, 1.165) is 56.5 Å². The highest BCUT2D eigenvalue weighted by Crippen LogP contribution is 2.31. The van der Waals surface area contributed by atoms with Gasteiger partial charge in [0.25, 0.3) is 5.91 Å². The first-order chi connectivity index (χ1) is 16.7. The van der Waals surface area contributed by atoms with Gasteiger partial charge in [0.2, 0.25) is 0 Å². The summed E-state index contributed by atoms with van der Waals surface area (Å²) in [6.07, 6.45) is 3.07. The average molecular weight is 485 g/mol. The van der Waals surface area contributed by atoms with E-state index in [1.54, 1.807) is 4.90 Å². The van der Waals surface area contributed by atoms with Gasteiger partial charge >= 0.3 is 0 Å². The van der Waals surface area contributed by atoms with Crippen LogP contribution in [0.25, 0.3) is 0 Å². The summed E-state index contributed by atoms with van der Waals surface area (Å²) in [5, 5.41) is 0. The van der Waals surface area contributed by atoms with Gasteiger partial charge < -0.3 is 20.3 Å². The monoisotopic (exact) mass is 484 g/mol. The maximum Gasteiger partial charge on any atom is 0.270 e. The number of anilines is 1. The molecule has 3 aliphatic rings. The molecule has 6 nitrogen and oxygen atoms in total. The van der Waals surface area contributed by atoms with Crippen LogP contribution in [0.4, 0.5) is 10.1 Å². The topological polar surface area (TPSA) is 71.2 Å². The van der Waals surface area contributed by atoms with Crippen LogP contribution in [0.2, 0.25) is 0 Å². The number of carbonyl (C=O) groups is 1. The number of amides is 1. The largest absolute Gasteiger partial charge is 0.394 e. The predicted octanol–water partition coefficient (Wildman–Crippen LogP) is 4.33. The van der Waals surface area contributed by atoms with E-state index in [4.69, 9.17) is 10.5 Å². The standard InChI is InChI=1S/C28H41FN4O2/c1-18-7-5-10-26(21(18)4)32-13-11-22(12-14-32)24(29)15-31-25-9-6-8-23(25)27(30)28(34)33-16-19(2)35-20(3)17-33/h5,7,10,19-20,22,24H,6,8-9,11-17,30H2,1-4H3/b27-23-,31-25?/t19-,20+,24?. The fourth-order valence-corrected chi connectivity index (χ4v) is 5.76. The lowest BCUT2D eigenvalue weighted by molar-refractivity contribution is -0.139. The minimum atomic E-state index is -0.969. The summed E-state index contributed by atoms with van der Waals surface area (Å²) >= 11 is 0. The van der Waals surface area contributed by atoms with E-state index in [2.05, 4.69) is 41.9 Å². The zero-order valence-corrected chi connectivity index (χ0v) is 21.7. The first-order valence-electron chi connectivity index (χ1n) is 13.2. The number of alkyl halides is 1. The number of nitrogens with zero attached hydrogens (tertiary/aromatic N) is 3. The number of aliphatic imine (C=N–C) groups is 1. The van der Waals surface area contributed by atoms with Gasteiger partial charge in [-0.2, -0.15) is 0 Å². The molecule has 2 aliphatic heterocycles. The van der Waals surface area contributed by atoms with Crippen LogP contribution in [0, 0.1) is 19.8 Å². The number of hydrogen-bond donors (Lipinski definition) is 1. The fourth-order valence-electron chi connectivity index (χ4n) is 5.76. The van der Waals surface area contributed by atoms with Gasteiger partial charge in [0.05, 0.1) is 18.8 Å². The molecule has 0 bridgehead atoms. The maximum absolute atomic E-state index is 15.2. The van der Waals surface area contributed by atoms with Crippen molar-refractivity contribution in [2.75, 3.05) is 37.6 Å². The molecular formula is C28H41FN4O2. The first kappa shape index (κ1) is 25.7. The Hall–Kier alpha value is -2.41. The van der Waals surface area contributed by atoms with Crippen molar-refractivity contribution in [2.24, 2.45) is 16.6 Å². The van der Waals surface area contributed by atoms with Crippen LogP contribution in [0.1, 0.15) is 57.1 Å². The Morgan fingerprint density at radius 2 is 1.86 bits per heavy atom. The quantitative estimate of drug-likeness (QED) is 0.632. The number of allylic oxidation sites excluding steroid dienone is 1. The van der Waals surface area contributed by atoms with E-state index in [9.17, 15) is 4.79 Å². The molecule has 1 aromatic carbocycles. The zero-order chi connectivity index (χ0) is 25.1. The van der Waals surface area contributed by atoms with Gasteiger partial charge in [-0.3, -0.25) is 9.79 Å². The number of hydrogen-bond acceptors (Lipinski definition) is 5. The van der Waals surface area contributed by atoms with Crippen LogP contribution in [-0.4, -0.2) is 67.6 Å². The van der Waals surface area contributed by atoms with Gasteiger partial charge in [-0.1, -0.05) is 12.1 Å². The molecule has 2 saturated heterocycles. The molecule has 1 aliphatic carbocycles. The summed E-state index contributed by atoms with van der Waals surface area (Å²) < 4.78 is 21.0. The third-order valence-corrected chi connectivity index (χ3v) is 7.88. The number of benzene rings is 1. The molecule has 3 atom stereocenters. The van der Waals surface area contributed by atoms with E-state index in [1.165, 1.54) is 16.8 Å². The minimum Gasteiger partial charge on any atom is -0.394 e. The number of aryl methyl sites for hydroxylation is 1. The Morgan fingerprint density at radius 3 is 2.54 bits per heavy atom. The molecule has 7 heteroatoms. The molecule has 1 unspecified atom stereocenters. The summed E-state index contributed by atoms with van der Waals surface area (Å²) in [5.74, 6) is -0.128. The van der Waals surface area contributed by atoms with Crippen molar-refractivity contribution in [1.82, 2.24) is 4.90 Å². The third kappa shape index (κ3) is 5.88. The van der Waals surface area contributed by atoms with Crippen molar-refractivity contribution in [1.29, 1.82) is 0 Å². The molecule has 35 heavy (non-hydrogen) atoms. The number of nitrogens with two attached hydrogens (primary N) is 1. The normalized spacial score (nSPS) is 27.4. The molecule has 4 rings (SSSR count). The van der Waals surface area contributed by atoms with Crippen molar-refractivity contribution >= 4 is 17.3 Å². The molecule has 3 fully saturated rings. The lowest BCUT2D eigenvalue weighted by Crippen LogP contribution is -2.49. The van der Waals surface area contributed by atoms with Crippen LogP contribution in [-0.2, 0) is 9.53 Å². The van der Waals surface area contributed by atoms with Gasteiger partial charge in [-0.15, -0.1) is 0 Å². The van der Waals surface area contributed by atoms with Crippen molar-refractivity contribution in [3.8, 4) is 0 Å². The number of rotatable bonds is 5. The molecule has 0 spiro atoms. The van der Waals surface area contributed by atoms with Crippen molar-refractivity contribution in [2.45, 2.75) is 78.2 Å². The van der Waals surface area contributed by atoms with Gasteiger partial charge in [-0.05, 0) is 82.9 Å². The van der Waals surface area contributed by atoms with E-state index in [1.807, 2.05) is 13.8 Å². The number of morpholine rings is 1. The summed E-state index contributed by atoms with van der Waals surface area (Å²) in [6.45, 7) is 11.2. The van der Waals surface area contributed by atoms with Gasteiger partial charge in [0, 0.05) is 43.2 Å². The van der Waals surface area contributed by atoms with Crippen molar-refractivity contribution in [3.05, 3.63) is 40.6 Å². The number of piperidine rings is 1. The number of carbonyl (C=O) groups excluding carboxylic acids is 1. The summed E-state index contributed by atoms with van der Waals surface area (Å²) in [4.78, 5) is 21.9. The second kappa shape index (κ2) is 11.1. The molecule has 1 amide bonds. The van der Waals surface area contributed by atoms with Crippen LogP contribution in [0.3, 0.4) is 0 Å². The first-order valence-corrected chi connectivity index (χ1v) is 13.2. The van der Waals surface area contributed by atoms with Crippen molar-refractivity contribution < 1.29 is 13.9 Å². The molecule has 2 heterocycles. The van der Waals surface area contributed by atoms with E-state index in [-0.39, 0.29) is 36.3 Å². The highest BCUT2D eigenvalue weighted by atomic mass is 19.1. The molecule has 2 N–H and O–H groups in total. The molecular weight excluding hydrogens is 443 g/mol. The smallest absolute Gasteiger partial charge is 0.270 e. The Kier molecular flexibility index (Phi) is 8.15. The van der Waals surface area contributed by atoms with Crippen LogP contribution < -0.4 is 10.6 Å². The number of ether oxygens (including phenoxy) is 1. The Labute approximate surface area is 209 Å². The van der Waals surface area contributed by atoms with E-state index < -0.39 is 6.17 Å².